The predicted octanol–water partition coefficient (Wildman–Crippen LogP) is 2.30. The number of amides is 2. The molecule has 1 aliphatic heterocycles. The Balaban J connectivity index is 1.97. The van der Waals surface area contributed by atoms with Gasteiger partial charge in [-0.1, -0.05) is 6.92 Å². The van der Waals surface area contributed by atoms with Crippen molar-refractivity contribution in [3.05, 3.63) is 0 Å². The van der Waals surface area contributed by atoms with E-state index in [1.54, 1.807) is 4.90 Å². The molecule has 0 aromatic rings. The molecule has 114 valence electrons. The van der Waals surface area contributed by atoms with Crippen LogP contribution in [-0.2, 0) is 9.53 Å². The number of nitrogens with zero attached hydrogens (tertiary/aromatic N) is 1. The standard InChI is InChI=1S/C15H26N2O3/c1-10-9-11(10)16-13(18)12-7-5-6-8-17(12)14(19)20-15(2,3)4/h10-12H,5-9H2,1-4H3,(H,16,18)/t10-,11+,12+/m1/s1. The van der Waals surface area contributed by atoms with Crippen LogP contribution in [0.4, 0.5) is 4.79 Å². The molecule has 1 N–H and O–H groups in total. The summed E-state index contributed by atoms with van der Waals surface area (Å²) in [5.74, 6) is 0.544. The minimum absolute atomic E-state index is 0.0232. The van der Waals surface area contributed by atoms with Crippen LogP contribution in [-0.4, -0.2) is 41.1 Å². The molecule has 0 spiro atoms. The van der Waals surface area contributed by atoms with Crippen molar-refractivity contribution in [2.24, 2.45) is 5.92 Å². The number of rotatable bonds is 2. The van der Waals surface area contributed by atoms with Gasteiger partial charge in [-0.25, -0.2) is 4.79 Å². The van der Waals surface area contributed by atoms with Crippen LogP contribution >= 0.6 is 0 Å². The van der Waals surface area contributed by atoms with Crippen molar-refractivity contribution in [2.45, 2.75) is 71.1 Å². The Morgan fingerprint density at radius 2 is 1.90 bits per heavy atom. The third-order valence-corrected chi connectivity index (χ3v) is 3.87. The van der Waals surface area contributed by atoms with E-state index in [0.717, 1.165) is 25.7 Å². The Morgan fingerprint density at radius 1 is 1.25 bits per heavy atom. The molecule has 2 fully saturated rings. The molecule has 20 heavy (non-hydrogen) atoms. The largest absolute Gasteiger partial charge is 0.444 e. The van der Waals surface area contributed by atoms with E-state index in [1.165, 1.54) is 0 Å². The number of ether oxygens (including phenoxy) is 1. The zero-order valence-corrected chi connectivity index (χ0v) is 12.9. The van der Waals surface area contributed by atoms with Gasteiger partial charge in [0.15, 0.2) is 0 Å². The molecule has 0 unspecified atom stereocenters. The monoisotopic (exact) mass is 282 g/mol. The molecule has 2 aliphatic rings. The Bertz CT molecular complexity index is 389. The van der Waals surface area contributed by atoms with Gasteiger partial charge in [0.25, 0.3) is 0 Å². The number of likely N-dealkylation sites (tertiary alicyclic amines) is 1. The number of hydrogen-bond acceptors (Lipinski definition) is 3. The van der Waals surface area contributed by atoms with Gasteiger partial charge in [0.05, 0.1) is 0 Å². The molecule has 0 aromatic heterocycles. The second-order valence-corrected chi connectivity index (χ2v) is 7.01. The molecule has 2 amide bonds. The highest BCUT2D eigenvalue weighted by molar-refractivity contribution is 5.86. The van der Waals surface area contributed by atoms with E-state index < -0.39 is 5.60 Å². The lowest BCUT2D eigenvalue weighted by Gasteiger charge is -2.35. The average Bonchev–Trinajstić information content (AvgIpc) is 3.02. The third-order valence-electron chi connectivity index (χ3n) is 3.87. The van der Waals surface area contributed by atoms with Crippen molar-refractivity contribution >= 4 is 12.0 Å². The molecule has 1 heterocycles. The van der Waals surface area contributed by atoms with E-state index >= 15 is 0 Å². The summed E-state index contributed by atoms with van der Waals surface area (Å²) in [6.07, 6.45) is 3.32. The van der Waals surface area contributed by atoms with Gasteiger partial charge in [0.1, 0.15) is 11.6 Å². The van der Waals surface area contributed by atoms with E-state index in [9.17, 15) is 9.59 Å². The lowest BCUT2D eigenvalue weighted by molar-refractivity contribution is -0.127. The van der Waals surface area contributed by atoms with Crippen molar-refractivity contribution in [3.63, 3.8) is 0 Å². The summed E-state index contributed by atoms with van der Waals surface area (Å²) in [6, 6.07) is -0.0729. The quantitative estimate of drug-likeness (QED) is 0.845. The molecule has 5 heteroatoms. The Hall–Kier alpha value is -1.26. The molecule has 1 saturated carbocycles. The number of nitrogens with one attached hydrogen (secondary N) is 1. The molecule has 0 radical (unpaired) electrons. The molecule has 1 aliphatic carbocycles. The SMILES string of the molecule is C[C@@H]1C[C@@H]1NC(=O)[C@@H]1CCCCN1C(=O)OC(C)(C)C. The first-order chi connectivity index (χ1) is 9.28. The first kappa shape index (κ1) is 15.1. The fraction of sp³-hybridized carbons (Fsp3) is 0.867. The topological polar surface area (TPSA) is 58.6 Å². The number of hydrogen-bond donors (Lipinski definition) is 1. The minimum atomic E-state index is -0.527. The second kappa shape index (κ2) is 5.62. The highest BCUT2D eigenvalue weighted by Crippen LogP contribution is 2.30. The summed E-state index contributed by atoms with van der Waals surface area (Å²) in [7, 11) is 0. The van der Waals surface area contributed by atoms with Crippen molar-refractivity contribution in [2.75, 3.05) is 6.54 Å². The fourth-order valence-electron chi connectivity index (χ4n) is 2.55. The molecule has 1 saturated heterocycles. The maximum absolute atomic E-state index is 12.3. The van der Waals surface area contributed by atoms with Crippen molar-refractivity contribution < 1.29 is 14.3 Å². The summed E-state index contributed by atoms with van der Waals surface area (Å²) in [4.78, 5) is 26.1. The zero-order valence-electron chi connectivity index (χ0n) is 12.9. The van der Waals surface area contributed by atoms with Gasteiger partial charge in [-0.15, -0.1) is 0 Å². The smallest absolute Gasteiger partial charge is 0.410 e. The van der Waals surface area contributed by atoms with Gasteiger partial charge in [0, 0.05) is 12.6 Å². The molecular weight excluding hydrogens is 256 g/mol. The van der Waals surface area contributed by atoms with Crippen molar-refractivity contribution in [1.82, 2.24) is 10.2 Å². The Labute approximate surface area is 121 Å². The van der Waals surface area contributed by atoms with Crippen LogP contribution in [0.2, 0.25) is 0 Å². The summed E-state index contributed by atoms with van der Waals surface area (Å²) >= 11 is 0. The lowest BCUT2D eigenvalue weighted by atomic mass is 10.0. The second-order valence-electron chi connectivity index (χ2n) is 7.01. The van der Waals surface area contributed by atoms with Crippen LogP contribution in [0.5, 0.6) is 0 Å². The Morgan fingerprint density at radius 3 is 2.45 bits per heavy atom. The maximum atomic E-state index is 12.3. The lowest BCUT2D eigenvalue weighted by Crippen LogP contribution is -2.53. The van der Waals surface area contributed by atoms with E-state index in [0.29, 0.717) is 18.5 Å². The van der Waals surface area contributed by atoms with Gasteiger partial charge in [-0.2, -0.15) is 0 Å². The molecule has 3 atom stereocenters. The highest BCUT2D eigenvalue weighted by atomic mass is 16.6. The van der Waals surface area contributed by atoms with E-state index in [-0.39, 0.29) is 18.0 Å². The first-order valence-corrected chi connectivity index (χ1v) is 7.58. The van der Waals surface area contributed by atoms with Crippen molar-refractivity contribution in [1.29, 1.82) is 0 Å². The Kier molecular flexibility index (Phi) is 4.25. The molecular formula is C15H26N2O3. The minimum Gasteiger partial charge on any atom is -0.444 e. The van der Waals surface area contributed by atoms with Crippen LogP contribution < -0.4 is 5.32 Å². The zero-order chi connectivity index (χ0) is 14.9. The molecule has 2 rings (SSSR count). The van der Waals surface area contributed by atoms with Gasteiger partial charge in [-0.05, 0) is 52.4 Å². The fourth-order valence-corrected chi connectivity index (χ4v) is 2.55. The van der Waals surface area contributed by atoms with Gasteiger partial charge >= 0.3 is 6.09 Å². The van der Waals surface area contributed by atoms with Crippen LogP contribution in [0, 0.1) is 5.92 Å². The third kappa shape index (κ3) is 3.87. The average molecular weight is 282 g/mol. The molecule has 5 nitrogen and oxygen atoms in total. The van der Waals surface area contributed by atoms with Crippen LogP contribution in [0.25, 0.3) is 0 Å². The summed E-state index contributed by atoms with van der Waals surface area (Å²) in [5, 5.41) is 3.03. The summed E-state index contributed by atoms with van der Waals surface area (Å²) < 4.78 is 5.41. The first-order valence-electron chi connectivity index (χ1n) is 7.58. The van der Waals surface area contributed by atoms with E-state index in [4.69, 9.17) is 4.74 Å². The van der Waals surface area contributed by atoms with Gasteiger partial charge in [0.2, 0.25) is 5.91 Å². The van der Waals surface area contributed by atoms with E-state index in [1.807, 2.05) is 20.8 Å². The summed E-state index contributed by atoms with van der Waals surface area (Å²) in [5.41, 5.74) is -0.527. The highest BCUT2D eigenvalue weighted by Gasteiger charge is 2.39. The predicted molar refractivity (Wildman–Crippen MR) is 76.3 cm³/mol. The van der Waals surface area contributed by atoms with Gasteiger partial charge < -0.3 is 10.1 Å². The number of carbonyl (C=O) groups is 2. The van der Waals surface area contributed by atoms with Crippen LogP contribution in [0.1, 0.15) is 53.4 Å². The maximum Gasteiger partial charge on any atom is 0.410 e. The summed E-state index contributed by atoms with van der Waals surface area (Å²) in [6.45, 7) is 8.26. The normalized spacial score (nSPS) is 29.8. The van der Waals surface area contributed by atoms with E-state index in [2.05, 4.69) is 12.2 Å². The van der Waals surface area contributed by atoms with Crippen LogP contribution in [0.3, 0.4) is 0 Å². The molecule has 0 aromatic carbocycles. The number of piperidine rings is 1. The van der Waals surface area contributed by atoms with Gasteiger partial charge in [-0.3, -0.25) is 9.69 Å². The number of carbonyl (C=O) groups excluding carboxylic acids is 2. The molecule has 0 bridgehead atoms. The van der Waals surface area contributed by atoms with Crippen LogP contribution in [0.15, 0.2) is 0 Å². The van der Waals surface area contributed by atoms with Crippen molar-refractivity contribution in [3.8, 4) is 0 Å².